The van der Waals surface area contributed by atoms with E-state index < -0.39 is 0 Å². The van der Waals surface area contributed by atoms with Gasteiger partial charge in [0.15, 0.2) is 0 Å². The highest BCUT2D eigenvalue weighted by Gasteiger charge is 2.18. The maximum Gasteiger partial charge on any atom is 0.251 e. The van der Waals surface area contributed by atoms with Crippen LogP contribution < -0.4 is 10.6 Å². The van der Waals surface area contributed by atoms with Gasteiger partial charge in [-0.3, -0.25) is 14.5 Å². The van der Waals surface area contributed by atoms with Crippen molar-refractivity contribution in [2.24, 2.45) is 0 Å². The highest BCUT2D eigenvalue weighted by molar-refractivity contribution is 6.30. The standard InChI is InChI=1S/C17H20ClN3O3/c1-21(2)14(15-7-4-8-24-15)10-19-16(22)11-20-17(23)12-5-3-6-13(18)9-12/h3-9,14H,10-11H2,1-2H3,(H,19,22)(H,20,23). The van der Waals surface area contributed by atoms with Gasteiger partial charge in [-0.1, -0.05) is 17.7 Å². The zero-order valence-electron chi connectivity index (χ0n) is 13.6. The summed E-state index contributed by atoms with van der Waals surface area (Å²) in [6.45, 7) is 0.274. The van der Waals surface area contributed by atoms with E-state index in [4.69, 9.17) is 16.0 Å². The first-order valence-electron chi connectivity index (χ1n) is 7.47. The Balaban J connectivity index is 1.81. The molecule has 0 fully saturated rings. The molecule has 6 nitrogen and oxygen atoms in total. The van der Waals surface area contributed by atoms with Gasteiger partial charge in [0.25, 0.3) is 5.91 Å². The molecule has 1 aromatic heterocycles. The van der Waals surface area contributed by atoms with Gasteiger partial charge in [-0.05, 0) is 44.4 Å². The molecule has 0 saturated heterocycles. The van der Waals surface area contributed by atoms with E-state index in [0.717, 1.165) is 5.76 Å². The first-order chi connectivity index (χ1) is 11.5. The zero-order chi connectivity index (χ0) is 17.5. The molecule has 2 rings (SSSR count). The third-order valence-electron chi connectivity index (χ3n) is 3.48. The number of hydrogen-bond acceptors (Lipinski definition) is 4. The molecule has 2 amide bonds. The fraction of sp³-hybridized carbons (Fsp3) is 0.294. The van der Waals surface area contributed by atoms with E-state index in [1.807, 2.05) is 25.1 Å². The number of carbonyl (C=O) groups is 2. The van der Waals surface area contributed by atoms with Gasteiger partial charge in [0.1, 0.15) is 5.76 Å². The summed E-state index contributed by atoms with van der Waals surface area (Å²) in [5.41, 5.74) is 0.414. The second-order valence-electron chi connectivity index (χ2n) is 5.49. The van der Waals surface area contributed by atoms with Crippen LogP contribution >= 0.6 is 11.6 Å². The highest BCUT2D eigenvalue weighted by atomic mass is 35.5. The van der Waals surface area contributed by atoms with Crippen molar-refractivity contribution >= 4 is 23.4 Å². The van der Waals surface area contributed by atoms with Crippen molar-refractivity contribution < 1.29 is 14.0 Å². The third-order valence-corrected chi connectivity index (χ3v) is 3.72. The fourth-order valence-electron chi connectivity index (χ4n) is 2.18. The molecule has 1 heterocycles. The Hall–Kier alpha value is -2.31. The summed E-state index contributed by atoms with van der Waals surface area (Å²) in [6, 6.07) is 10.1. The van der Waals surface area contributed by atoms with Crippen molar-refractivity contribution in [2.45, 2.75) is 6.04 Å². The van der Waals surface area contributed by atoms with Crippen LogP contribution in [0.5, 0.6) is 0 Å². The van der Waals surface area contributed by atoms with Crippen LogP contribution in [-0.2, 0) is 4.79 Å². The summed E-state index contributed by atoms with van der Waals surface area (Å²) in [5.74, 6) is 0.148. The number of nitrogens with zero attached hydrogens (tertiary/aromatic N) is 1. The topological polar surface area (TPSA) is 74.6 Å². The molecule has 0 aliphatic rings. The van der Waals surface area contributed by atoms with Crippen LogP contribution in [0, 0.1) is 0 Å². The van der Waals surface area contributed by atoms with Crippen molar-refractivity contribution in [2.75, 3.05) is 27.2 Å². The van der Waals surface area contributed by atoms with Crippen LogP contribution in [0.3, 0.4) is 0 Å². The highest BCUT2D eigenvalue weighted by Crippen LogP contribution is 2.17. The molecule has 7 heteroatoms. The van der Waals surface area contributed by atoms with Crippen LogP contribution in [0.2, 0.25) is 5.02 Å². The van der Waals surface area contributed by atoms with Crippen molar-refractivity contribution in [1.29, 1.82) is 0 Å². The summed E-state index contributed by atoms with van der Waals surface area (Å²) >= 11 is 5.84. The zero-order valence-corrected chi connectivity index (χ0v) is 14.3. The Kier molecular flexibility index (Phi) is 6.40. The van der Waals surface area contributed by atoms with Gasteiger partial charge < -0.3 is 15.1 Å². The number of nitrogens with one attached hydrogen (secondary N) is 2. The van der Waals surface area contributed by atoms with Gasteiger partial charge in [0.05, 0.1) is 18.8 Å². The molecule has 0 radical (unpaired) electrons. The molecule has 0 bridgehead atoms. The number of hydrogen-bond donors (Lipinski definition) is 2. The monoisotopic (exact) mass is 349 g/mol. The smallest absolute Gasteiger partial charge is 0.251 e. The summed E-state index contributed by atoms with van der Waals surface area (Å²) in [6.07, 6.45) is 1.60. The minimum Gasteiger partial charge on any atom is -0.468 e. The lowest BCUT2D eigenvalue weighted by Crippen LogP contribution is -2.40. The van der Waals surface area contributed by atoms with Gasteiger partial charge in [0, 0.05) is 17.1 Å². The largest absolute Gasteiger partial charge is 0.468 e. The molecule has 2 N–H and O–H groups in total. The number of furan rings is 1. The molecule has 0 aliphatic heterocycles. The minimum absolute atomic E-state index is 0.0763. The van der Waals surface area contributed by atoms with E-state index >= 15 is 0 Å². The van der Waals surface area contributed by atoms with Crippen LogP contribution in [0.4, 0.5) is 0 Å². The van der Waals surface area contributed by atoms with E-state index in [1.54, 1.807) is 36.6 Å². The number of carbonyl (C=O) groups excluding carboxylic acids is 2. The van der Waals surface area contributed by atoms with E-state index in [-0.39, 0.29) is 24.4 Å². The molecule has 0 spiro atoms. The first-order valence-corrected chi connectivity index (χ1v) is 7.85. The number of benzene rings is 1. The van der Waals surface area contributed by atoms with Gasteiger partial charge in [-0.15, -0.1) is 0 Å². The maximum atomic E-state index is 12.0. The molecule has 1 atom stereocenters. The molecule has 1 unspecified atom stereocenters. The molecule has 24 heavy (non-hydrogen) atoms. The number of likely N-dealkylation sites (N-methyl/N-ethyl adjacent to an activating group) is 1. The number of rotatable bonds is 7. The predicted octanol–water partition coefficient (Wildman–Crippen LogP) is 2.08. The Morgan fingerprint density at radius 3 is 2.62 bits per heavy atom. The van der Waals surface area contributed by atoms with Gasteiger partial charge in [-0.2, -0.15) is 0 Å². The van der Waals surface area contributed by atoms with E-state index in [2.05, 4.69) is 10.6 Å². The van der Waals surface area contributed by atoms with Crippen LogP contribution in [0.25, 0.3) is 0 Å². The predicted molar refractivity (Wildman–Crippen MR) is 91.9 cm³/mol. The van der Waals surface area contributed by atoms with Gasteiger partial charge in [0.2, 0.25) is 5.91 Å². The summed E-state index contributed by atoms with van der Waals surface area (Å²) in [7, 11) is 3.81. The van der Waals surface area contributed by atoms with E-state index in [1.165, 1.54) is 0 Å². The van der Waals surface area contributed by atoms with Crippen LogP contribution in [0.15, 0.2) is 47.1 Å². The average Bonchev–Trinajstić information content (AvgIpc) is 3.06. The van der Waals surface area contributed by atoms with E-state index in [0.29, 0.717) is 17.1 Å². The number of halogens is 1. The molecular weight excluding hydrogens is 330 g/mol. The Labute approximate surface area is 145 Å². The van der Waals surface area contributed by atoms with Crippen LogP contribution in [0.1, 0.15) is 22.2 Å². The Morgan fingerprint density at radius 2 is 2.00 bits per heavy atom. The second kappa shape index (κ2) is 8.52. The maximum absolute atomic E-state index is 12.0. The molecule has 0 aliphatic carbocycles. The number of amides is 2. The summed E-state index contributed by atoms with van der Waals surface area (Å²) in [4.78, 5) is 25.9. The van der Waals surface area contributed by atoms with Crippen molar-refractivity contribution in [1.82, 2.24) is 15.5 Å². The van der Waals surface area contributed by atoms with Crippen molar-refractivity contribution in [3.8, 4) is 0 Å². The normalized spacial score (nSPS) is 12.0. The van der Waals surface area contributed by atoms with Gasteiger partial charge in [-0.25, -0.2) is 0 Å². The van der Waals surface area contributed by atoms with Crippen molar-refractivity contribution in [3.63, 3.8) is 0 Å². The third kappa shape index (κ3) is 5.11. The van der Waals surface area contributed by atoms with Gasteiger partial charge >= 0.3 is 0 Å². The Morgan fingerprint density at radius 1 is 1.21 bits per heavy atom. The SMILES string of the molecule is CN(C)C(CNC(=O)CNC(=O)c1cccc(Cl)c1)c1ccco1. The second-order valence-corrected chi connectivity index (χ2v) is 5.93. The lowest BCUT2D eigenvalue weighted by Gasteiger charge is -2.22. The molecule has 2 aromatic rings. The molecule has 1 aromatic carbocycles. The lowest BCUT2D eigenvalue weighted by molar-refractivity contribution is -0.120. The minimum atomic E-state index is -0.345. The molecule has 128 valence electrons. The quantitative estimate of drug-likeness (QED) is 0.802. The van der Waals surface area contributed by atoms with E-state index in [9.17, 15) is 9.59 Å². The summed E-state index contributed by atoms with van der Waals surface area (Å²) in [5, 5.41) is 5.83. The Bertz CT molecular complexity index is 686. The fourth-order valence-corrected chi connectivity index (χ4v) is 2.37. The first kappa shape index (κ1) is 18.0. The average molecular weight is 350 g/mol. The lowest BCUT2D eigenvalue weighted by atomic mass is 10.2. The molecular formula is C17H20ClN3O3. The molecule has 0 saturated carbocycles. The van der Waals surface area contributed by atoms with Crippen molar-refractivity contribution in [3.05, 3.63) is 59.0 Å². The van der Waals surface area contributed by atoms with Crippen LogP contribution in [-0.4, -0.2) is 43.9 Å². The summed E-state index contributed by atoms with van der Waals surface area (Å²) < 4.78 is 5.38.